The standard InChI is InChI=1S/C19H26FN3O2/c1-12-11-23(13(2)24)10-9-17(12)22-18(19(25)21-16-7-8-16)14-3-5-15(20)6-4-14/h3-6,12,16-18,22H,7-11H2,1-2H3,(H,21,25). The Kier molecular flexibility index (Phi) is 5.37. The number of carbonyl (C=O) groups excluding carboxylic acids is 2. The van der Waals surface area contributed by atoms with E-state index >= 15 is 0 Å². The lowest BCUT2D eigenvalue weighted by Gasteiger charge is -2.38. The fourth-order valence-electron chi connectivity index (χ4n) is 3.38. The number of rotatable bonds is 5. The van der Waals surface area contributed by atoms with Crippen LogP contribution in [-0.2, 0) is 9.59 Å². The van der Waals surface area contributed by atoms with E-state index in [-0.39, 0.29) is 35.6 Å². The van der Waals surface area contributed by atoms with Crippen LogP contribution in [0.4, 0.5) is 4.39 Å². The van der Waals surface area contributed by atoms with Gasteiger partial charge in [-0.25, -0.2) is 4.39 Å². The molecule has 3 atom stereocenters. The molecule has 5 nitrogen and oxygen atoms in total. The first kappa shape index (κ1) is 17.9. The Balaban J connectivity index is 1.71. The highest BCUT2D eigenvalue weighted by atomic mass is 19.1. The Morgan fingerprint density at radius 3 is 2.44 bits per heavy atom. The third kappa shape index (κ3) is 4.57. The third-order valence-electron chi connectivity index (χ3n) is 5.12. The number of carbonyl (C=O) groups is 2. The molecule has 0 aromatic heterocycles. The summed E-state index contributed by atoms with van der Waals surface area (Å²) in [5.41, 5.74) is 0.765. The second-order valence-corrected chi connectivity index (χ2v) is 7.27. The minimum absolute atomic E-state index is 0.0599. The molecule has 3 rings (SSSR count). The molecule has 2 fully saturated rings. The molecule has 1 aromatic rings. The van der Waals surface area contributed by atoms with Crippen molar-refractivity contribution in [1.82, 2.24) is 15.5 Å². The maximum atomic E-state index is 13.3. The first-order valence-electron chi connectivity index (χ1n) is 9.01. The predicted molar refractivity (Wildman–Crippen MR) is 93.3 cm³/mol. The van der Waals surface area contributed by atoms with Gasteiger partial charge < -0.3 is 10.2 Å². The molecule has 25 heavy (non-hydrogen) atoms. The van der Waals surface area contributed by atoms with Crippen molar-refractivity contribution in [1.29, 1.82) is 0 Å². The molecule has 1 aliphatic heterocycles. The average molecular weight is 347 g/mol. The van der Waals surface area contributed by atoms with Crippen molar-refractivity contribution in [3.8, 4) is 0 Å². The van der Waals surface area contributed by atoms with Crippen LogP contribution in [0.15, 0.2) is 24.3 Å². The van der Waals surface area contributed by atoms with Gasteiger partial charge >= 0.3 is 0 Å². The van der Waals surface area contributed by atoms with Gasteiger partial charge in [-0.1, -0.05) is 19.1 Å². The highest BCUT2D eigenvalue weighted by molar-refractivity contribution is 5.83. The number of nitrogens with zero attached hydrogens (tertiary/aromatic N) is 1. The van der Waals surface area contributed by atoms with Crippen LogP contribution in [0.3, 0.4) is 0 Å². The fourth-order valence-corrected chi connectivity index (χ4v) is 3.38. The van der Waals surface area contributed by atoms with Crippen LogP contribution in [0.25, 0.3) is 0 Å². The molecule has 2 amide bonds. The second-order valence-electron chi connectivity index (χ2n) is 7.27. The van der Waals surface area contributed by atoms with E-state index in [1.54, 1.807) is 19.1 Å². The average Bonchev–Trinajstić information content (AvgIpc) is 3.38. The summed E-state index contributed by atoms with van der Waals surface area (Å²) in [7, 11) is 0. The largest absolute Gasteiger partial charge is 0.352 e. The molecular formula is C19H26FN3O2. The van der Waals surface area contributed by atoms with Crippen molar-refractivity contribution < 1.29 is 14.0 Å². The summed E-state index contributed by atoms with van der Waals surface area (Å²) in [6.45, 7) is 5.06. The summed E-state index contributed by atoms with van der Waals surface area (Å²) in [4.78, 5) is 26.1. The Bertz CT molecular complexity index is 630. The Morgan fingerprint density at radius 2 is 1.88 bits per heavy atom. The van der Waals surface area contributed by atoms with E-state index in [2.05, 4.69) is 17.6 Å². The fraction of sp³-hybridized carbons (Fsp3) is 0.579. The molecule has 6 heteroatoms. The van der Waals surface area contributed by atoms with Gasteiger partial charge in [0.25, 0.3) is 0 Å². The lowest BCUT2D eigenvalue weighted by molar-refractivity contribution is -0.131. The van der Waals surface area contributed by atoms with E-state index in [4.69, 9.17) is 0 Å². The molecule has 1 saturated carbocycles. The van der Waals surface area contributed by atoms with Crippen LogP contribution < -0.4 is 10.6 Å². The molecule has 1 saturated heterocycles. The van der Waals surface area contributed by atoms with Gasteiger partial charge in [0.2, 0.25) is 11.8 Å². The number of likely N-dealkylation sites (tertiary alicyclic amines) is 1. The van der Waals surface area contributed by atoms with Crippen LogP contribution in [0, 0.1) is 11.7 Å². The van der Waals surface area contributed by atoms with Gasteiger partial charge in [0, 0.05) is 32.1 Å². The monoisotopic (exact) mass is 347 g/mol. The first-order chi connectivity index (χ1) is 11.9. The zero-order chi connectivity index (χ0) is 18.0. The van der Waals surface area contributed by atoms with Gasteiger partial charge in [0.15, 0.2) is 0 Å². The molecule has 0 radical (unpaired) electrons. The zero-order valence-corrected chi connectivity index (χ0v) is 14.8. The van der Waals surface area contributed by atoms with E-state index in [0.717, 1.165) is 24.8 Å². The van der Waals surface area contributed by atoms with E-state index in [1.807, 2.05) is 4.90 Å². The normalized spacial score (nSPS) is 24.7. The summed E-state index contributed by atoms with van der Waals surface area (Å²) in [5.74, 6) is -0.0373. The van der Waals surface area contributed by atoms with Gasteiger partial charge in [-0.15, -0.1) is 0 Å². The summed E-state index contributed by atoms with van der Waals surface area (Å²) in [5, 5.41) is 6.50. The van der Waals surface area contributed by atoms with Crippen LogP contribution in [0.5, 0.6) is 0 Å². The maximum Gasteiger partial charge on any atom is 0.241 e. The number of amides is 2. The van der Waals surface area contributed by atoms with E-state index in [0.29, 0.717) is 13.1 Å². The van der Waals surface area contributed by atoms with Gasteiger partial charge in [-0.3, -0.25) is 14.9 Å². The highest BCUT2D eigenvalue weighted by Gasteiger charge is 2.33. The third-order valence-corrected chi connectivity index (χ3v) is 5.12. The number of nitrogens with one attached hydrogen (secondary N) is 2. The van der Waals surface area contributed by atoms with Crippen molar-refractivity contribution in [3.63, 3.8) is 0 Å². The molecule has 136 valence electrons. The van der Waals surface area contributed by atoms with Crippen LogP contribution in [0.1, 0.15) is 44.7 Å². The lowest BCUT2D eigenvalue weighted by atomic mass is 9.92. The molecule has 2 aliphatic rings. The molecule has 1 aromatic carbocycles. The van der Waals surface area contributed by atoms with Crippen molar-refractivity contribution in [2.24, 2.45) is 5.92 Å². The van der Waals surface area contributed by atoms with Crippen molar-refractivity contribution in [3.05, 3.63) is 35.6 Å². The number of hydrogen-bond donors (Lipinski definition) is 2. The highest BCUT2D eigenvalue weighted by Crippen LogP contribution is 2.24. The van der Waals surface area contributed by atoms with E-state index < -0.39 is 6.04 Å². The number of piperidine rings is 1. The smallest absolute Gasteiger partial charge is 0.241 e. The number of halogens is 1. The minimum atomic E-state index is -0.502. The lowest BCUT2D eigenvalue weighted by Crippen LogP contribution is -2.52. The van der Waals surface area contributed by atoms with Gasteiger partial charge in [0.05, 0.1) is 0 Å². The molecule has 0 spiro atoms. The van der Waals surface area contributed by atoms with Crippen molar-refractivity contribution in [2.45, 2.75) is 51.2 Å². The summed E-state index contributed by atoms with van der Waals surface area (Å²) < 4.78 is 13.3. The Labute approximate surface area is 148 Å². The Hall–Kier alpha value is -1.95. The van der Waals surface area contributed by atoms with Gasteiger partial charge in [-0.2, -0.15) is 0 Å². The van der Waals surface area contributed by atoms with Crippen LogP contribution >= 0.6 is 0 Å². The topological polar surface area (TPSA) is 61.4 Å². The number of hydrogen-bond acceptors (Lipinski definition) is 3. The summed E-state index contributed by atoms with van der Waals surface area (Å²) >= 11 is 0. The predicted octanol–water partition coefficient (Wildman–Crippen LogP) is 1.99. The summed E-state index contributed by atoms with van der Waals surface area (Å²) in [6, 6.07) is 6.00. The molecule has 1 heterocycles. The van der Waals surface area contributed by atoms with Gasteiger partial charge in [-0.05, 0) is 42.9 Å². The zero-order valence-electron chi connectivity index (χ0n) is 14.8. The molecule has 1 aliphatic carbocycles. The maximum absolute atomic E-state index is 13.3. The van der Waals surface area contributed by atoms with E-state index in [9.17, 15) is 14.0 Å². The Morgan fingerprint density at radius 1 is 1.20 bits per heavy atom. The van der Waals surface area contributed by atoms with Crippen LogP contribution in [0.2, 0.25) is 0 Å². The first-order valence-corrected chi connectivity index (χ1v) is 9.01. The molecule has 0 bridgehead atoms. The molecule has 2 N–H and O–H groups in total. The second kappa shape index (κ2) is 7.52. The SMILES string of the molecule is CC(=O)N1CCC(NC(C(=O)NC2CC2)c2ccc(F)cc2)C(C)C1. The summed E-state index contributed by atoms with van der Waals surface area (Å²) in [6.07, 6.45) is 2.85. The number of benzene rings is 1. The van der Waals surface area contributed by atoms with Crippen molar-refractivity contribution >= 4 is 11.8 Å². The van der Waals surface area contributed by atoms with E-state index in [1.165, 1.54) is 12.1 Å². The molecular weight excluding hydrogens is 321 g/mol. The van der Waals surface area contributed by atoms with Crippen LogP contribution in [-0.4, -0.2) is 41.9 Å². The minimum Gasteiger partial charge on any atom is -0.352 e. The quantitative estimate of drug-likeness (QED) is 0.856. The molecule has 3 unspecified atom stereocenters. The van der Waals surface area contributed by atoms with Crippen molar-refractivity contribution in [2.75, 3.05) is 13.1 Å². The van der Waals surface area contributed by atoms with Gasteiger partial charge in [0.1, 0.15) is 11.9 Å².